The lowest BCUT2D eigenvalue weighted by atomic mass is 9.85. The Hall–Kier alpha value is -0.730. The van der Waals surface area contributed by atoms with E-state index in [1.165, 1.54) is 24.1 Å². The van der Waals surface area contributed by atoms with Crippen molar-refractivity contribution in [2.45, 2.75) is 18.9 Å². The highest BCUT2D eigenvalue weighted by Crippen LogP contribution is 2.43. The van der Waals surface area contributed by atoms with Gasteiger partial charge in [0.2, 0.25) is 0 Å². The van der Waals surface area contributed by atoms with E-state index in [1.807, 2.05) is 6.07 Å². The quantitative estimate of drug-likeness (QED) is 0.687. The summed E-state index contributed by atoms with van der Waals surface area (Å²) in [5.74, 6) is 0.629. The second kappa shape index (κ2) is 3.94. The third-order valence-electron chi connectivity index (χ3n) is 3.66. The largest absolute Gasteiger partial charge is 0.374 e. The summed E-state index contributed by atoms with van der Waals surface area (Å²) in [6, 6.07) is 6.13. The summed E-state index contributed by atoms with van der Waals surface area (Å²) in [4.78, 5) is 2.32. The number of nitrogens with zero attached hydrogens (tertiary/aromatic N) is 1. The lowest BCUT2D eigenvalue weighted by Crippen LogP contribution is -2.38. The molecule has 16 heavy (non-hydrogen) atoms. The van der Waals surface area contributed by atoms with Gasteiger partial charge in [0.15, 0.2) is 0 Å². The summed E-state index contributed by atoms with van der Waals surface area (Å²) < 4.78 is 5.93. The van der Waals surface area contributed by atoms with E-state index in [2.05, 4.69) is 24.1 Å². The van der Waals surface area contributed by atoms with E-state index < -0.39 is 0 Å². The number of anilines is 1. The molecule has 0 saturated carbocycles. The second-order valence-electron chi connectivity index (χ2n) is 4.78. The van der Waals surface area contributed by atoms with Crippen molar-refractivity contribution < 1.29 is 4.74 Å². The van der Waals surface area contributed by atoms with Crippen molar-refractivity contribution in [1.29, 1.82) is 0 Å². The van der Waals surface area contributed by atoms with Crippen LogP contribution in [0, 0.1) is 5.92 Å². The Balaban J connectivity index is 2.05. The summed E-state index contributed by atoms with van der Waals surface area (Å²) in [6.07, 6.45) is 2.71. The summed E-state index contributed by atoms with van der Waals surface area (Å²) >= 11 is 6.08. The highest BCUT2D eigenvalue weighted by Gasteiger charge is 2.34. The molecule has 2 unspecified atom stereocenters. The number of rotatable bonds is 0. The molecule has 0 aromatic heterocycles. The number of fused-ring (bicyclic) bond motifs is 3. The molecule has 0 bridgehead atoms. The lowest BCUT2D eigenvalue weighted by Gasteiger charge is -2.41. The van der Waals surface area contributed by atoms with Gasteiger partial charge in [-0.3, -0.25) is 0 Å². The molecule has 0 amide bonds. The molecule has 2 aliphatic rings. The minimum atomic E-state index is 0.263. The Morgan fingerprint density at radius 3 is 3.19 bits per heavy atom. The van der Waals surface area contributed by atoms with Crippen LogP contribution in [0.2, 0.25) is 5.02 Å². The third-order valence-corrected chi connectivity index (χ3v) is 3.90. The van der Waals surface area contributed by atoms with Crippen molar-refractivity contribution in [3.63, 3.8) is 0 Å². The predicted octanol–water partition coefficient (Wildman–Crippen LogP) is 3.26. The maximum Gasteiger partial charge on any atom is 0.0890 e. The Morgan fingerprint density at radius 1 is 1.44 bits per heavy atom. The van der Waals surface area contributed by atoms with Crippen LogP contribution in [0.3, 0.4) is 0 Å². The summed E-state index contributed by atoms with van der Waals surface area (Å²) in [7, 11) is 2.15. The van der Waals surface area contributed by atoms with Gasteiger partial charge < -0.3 is 9.64 Å². The van der Waals surface area contributed by atoms with Crippen molar-refractivity contribution in [2.75, 3.05) is 25.1 Å². The molecule has 0 radical (unpaired) electrons. The number of hydrogen-bond donors (Lipinski definition) is 0. The van der Waals surface area contributed by atoms with E-state index in [1.54, 1.807) is 0 Å². The molecule has 0 N–H and O–H groups in total. The first-order valence-electron chi connectivity index (χ1n) is 5.88. The molecule has 2 heterocycles. The van der Waals surface area contributed by atoms with Crippen LogP contribution in [0.1, 0.15) is 24.5 Å². The zero-order valence-electron chi connectivity index (χ0n) is 9.45. The van der Waals surface area contributed by atoms with Crippen molar-refractivity contribution >= 4 is 17.3 Å². The molecule has 2 atom stereocenters. The maximum atomic E-state index is 6.08. The Kier molecular flexibility index (Phi) is 2.56. The van der Waals surface area contributed by atoms with Gasteiger partial charge in [-0.05, 0) is 31.0 Å². The molecule has 2 nitrogen and oxygen atoms in total. The summed E-state index contributed by atoms with van der Waals surface area (Å²) in [5, 5.41) is 0.807. The van der Waals surface area contributed by atoms with Gasteiger partial charge in [-0.1, -0.05) is 11.6 Å². The molecule has 1 aromatic carbocycles. The van der Waals surface area contributed by atoms with Crippen molar-refractivity contribution in [2.24, 2.45) is 5.92 Å². The zero-order chi connectivity index (χ0) is 11.1. The van der Waals surface area contributed by atoms with E-state index in [-0.39, 0.29) is 6.10 Å². The van der Waals surface area contributed by atoms with Gasteiger partial charge in [-0.15, -0.1) is 0 Å². The topological polar surface area (TPSA) is 12.5 Å². The monoisotopic (exact) mass is 237 g/mol. The zero-order valence-corrected chi connectivity index (χ0v) is 10.2. The molecule has 1 fully saturated rings. The first-order valence-corrected chi connectivity index (χ1v) is 6.25. The first-order chi connectivity index (χ1) is 7.75. The minimum Gasteiger partial charge on any atom is -0.374 e. The molecule has 3 rings (SSSR count). The first kappa shape index (κ1) is 10.4. The smallest absolute Gasteiger partial charge is 0.0890 e. The minimum absolute atomic E-state index is 0.263. The van der Waals surface area contributed by atoms with Gasteiger partial charge in [0.25, 0.3) is 0 Å². The van der Waals surface area contributed by atoms with Gasteiger partial charge in [0.05, 0.1) is 6.10 Å². The van der Waals surface area contributed by atoms with Gasteiger partial charge in [0.1, 0.15) is 0 Å². The van der Waals surface area contributed by atoms with Crippen LogP contribution in [0.5, 0.6) is 0 Å². The molecule has 3 heteroatoms. The molecular weight excluding hydrogens is 222 g/mol. The number of ether oxygens (including phenoxy) is 1. The normalized spacial score (nSPS) is 28.5. The van der Waals surface area contributed by atoms with Crippen LogP contribution in [0.25, 0.3) is 0 Å². The summed E-state index contributed by atoms with van der Waals surface area (Å²) in [6.45, 7) is 1.98. The fourth-order valence-electron chi connectivity index (χ4n) is 2.93. The van der Waals surface area contributed by atoms with Crippen LogP contribution in [0.15, 0.2) is 18.2 Å². The van der Waals surface area contributed by atoms with Crippen LogP contribution >= 0.6 is 11.6 Å². The van der Waals surface area contributed by atoms with Crippen molar-refractivity contribution in [3.05, 3.63) is 28.8 Å². The van der Waals surface area contributed by atoms with Crippen molar-refractivity contribution in [1.82, 2.24) is 0 Å². The molecule has 0 aliphatic carbocycles. The summed E-state index contributed by atoms with van der Waals surface area (Å²) in [5.41, 5.74) is 2.54. The van der Waals surface area contributed by atoms with E-state index in [0.29, 0.717) is 5.92 Å². The second-order valence-corrected chi connectivity index (χ2v) is 5.21. The Morgan fingerprint density at radius 2 is 2.31 bits per heavy atom. The van der Waals surface area contributed by atoms with E-state index in [4.69, 9.17) is 16.3 Å². The standard InChI is InChI=1S/C13H16ClNO/c1-15-8-9-3-2-6-16-13(9)11-7-10(14)4-5-12(11)15/h4-5,7,9,13H,2-3,6,8H2,1H3. The van der Waals surface area contributed by atoms with Crippen LogP contribution in [-0.4, -0.2) is 20.2 Å². The Bertz CT molecular complexity index is 407. The molecule has 0 spiro atoms. The van der Waals surface area contributed by atoms with Crippen LogP contribution < -0.4 is 4.90 Å². The maximum absolute atomic E-state index is 6.08. The van der Waals surface area contributed by atoms with Gasteiger partial charge in [-0.2, -0.15) is 0 Å². The van der Waals surface area contributed by atoms with Crippen LogP contribution in [-0.2, 0) is 4.74 Å². The van der Waals surface area contributed by atoms with E-state index in [0.717, 1.165) is 18.2 Å². The van der Waals surface area contributed by atoms with Gasteiger partial charge in [0, 0.05) is 42.4 Å². The molecule has 86 valence electrons. The molecule has 1 saturated heterocycles. The predicted molar refractivity (Wildman–Crippen MR) is 66.1 cm³/mol. The average molecular weight is 238 g/mol. The van der Waals surface area contributed by atoms with E-state index in [9.17, 15) is 0 Å². The third kappa shape index (κ3) is 1.61. The number of halogens is 1. The fourth-order valence-corrected chi connectivity index (χ4v) is 3.11. The number of benzene rings is 1. The molecular formula is C13H16ClNO. The highest BCUT2D eigenvalue weighted by molar-refractivity contribution is 6.30. The SMILES string of the molecule is CN1CC2CCCOC2c2cc(Cl)ccc21. The number of hydrogen-bond acceptors (Lipinski definition) is 2. The fraction of sp³-hybridized carbons (Fsp3) is 0.538. The molecule has 2 aliphatic heterocycles. The average Bonchev–Trinajstić information content (AvgIpc) is 2.29. The highest BCUT2D eigenvalue weighted by atomic mass is 35.5. The molecule has 1 aromatic rings. The van der Waals surface area contributed by atoms with Gasteiger partial charge >= 0.3 is 0 Å². The Labute approximate surface area is 101 Å². The van der Waals surface area contributed by atoms with E-state index >= 15 is 0 Å². The van der Waals surface area contributed by atoms with Crippen molar-refractivity contribution in [3.8, 4) is 0 Å². The lowest BCUT2D eigenvalue weighted by molar-refractivity contribution is -0.0287. The van der Waals surface area contributed by atoms with Crippen LogP contribution in [0.4, 0.5) is 5.69 Å². The van der Waals surface area contributed by atoms with Gasteiger partial charge in [-0.25, -0.2) is 0 Å².